The Hall–Kier alpha value is -4.90. The first-order valence-corrected chi connectivity index (χ1v) is 13.6. The fourth-order valence-corrected chi connectivity index (χ4v) is 4.22. The number of carbonyl (C=O) groups is 4. The number of nitrogens with zero attached hydrogens (tertiary/aromatic N) is 1. The molecule has 0 radical (unpaired) electrons. The van der Waals surface area contributed by atoms with Gasteiger partial charge >= 0.3 is 12.3 Å². The summed E-state index contributed by atoms with van der Waals surface area (Å²) in [5, 5.41) is 18.5. The highest BCUT2D eigenvalue weighted by atomic mass is 16.5. The molecule has 0 saturated heterocycles. The molecule has 0 aliphatic rings. The highest BCUT2D eigenvalue weighted by Gasteiger charge is 2.30. The summed E-state index contributed by atoms with van der Waals surface area (Å²) in [5.74, 6) is -1.07. The van der Waals surface area contributed by atoms with Crippen molar-refractivity contribution in [2.75, 3.05) is 13.2 Å². The molecule has 4 N–H and O–H groups in total. The van der Waals surface area contributed by atoms with Gasteiger partial charge in [0.15, 0.2) is 5.76 Å². The predicted octanol–water partition coefficient (Wildman–Crippen LogP) is 2.46. The molecular formula is C29H38N4O10. The highest BCUT2D eigenvalue weighted by molar-refractivity contribution is 5.96. The Morgan fingerprint density at radius 3 is 2.14 bits per heavy atom. The lowest BCUT2D eigenvalue weighted by molar-refractivity contribution is -0.193. The minimum Gasteiger partial charge on any atom is -0.451 e. The van der Waals surface area contributed by atoms with E-state index < -0.39 is 17.9 Å². The van der Waals surface area contributed by atoms with E-state index in [1.54, 1.807) is 25.1 Å². The van der Waals surface area contributed by atoms with E-state index in [1.165, 1.54) is 6.07 Å². The third-order valence-corrected chi connectivity index (χ3v) is 6.22. The smallest absolute Gasteiger partial charge is 0.373 e. The number of hydroxylamine groups is 2. The molecule has 0 fully saturated rings. The van der Waals surface area contributed by atoms with E-state index in [-0.39, 0.29) is 36.5 Å². The van der Waals surface area contributed by atoms with Gasteiger partial charge in [-0.25, -0.2) is 5.06 Å². The van der Waals surface area contributed by atoms with Gasteiger partial charge in [-0.3, -0.25) is 24.4 Å². The van der Waals surface area contributed by atoms with Crippen LogP contribution in [0, 0.1) is 12.8 Å². The summed E-state index contributed by atoms with van der Waals surface area (Å²) in [7, 11) is 0. The minimum absolute atomic E-state index is 0.0723. The molecule has 14 nitrogen and oxygen atoms in total. The predicted molar refractivity (Wildman–Crippen MR) is 149 cm³/mol. The summed E-state index contributed by atoms with van der Waals surface area (Å²) in [6.45, 7) is 7.93. The Bertz CT molecular complexity index is 1240. The lowest BCUT2D eigenvalue weighted by Gasteiger charge is -2.29. The molecule has 0 bridgehead atoms. The largest absolute Gasteiger partial charge is 0.451 e. The summed E-state index contributed by atoms with van der Waals surface area (Å²) in [4.78, 5) is 81.1. The molecular weight excluding hydrogens is 564 g/mol. The van der Waals surface area contributed by atoms with Crippen molar-refractivity contribution in [2.45, 2.75) is 65.8 Å². The molecule has 0 spiro atoms. The number of hydrogen-bond acceptors (Lipinski definition) is 10. The second-order valence-electron chi connectivity index (χ2n) is 9.01. The van der Waals surface area contributed by atoms with Crippen molar-refractivity contribution in [1.82, 2.24) is 21.0 Å². The molecule has 0 saturated carbocycles. The maximum Gasteiger partial charge on any atom is 0.373 e. The van der Waals surface area contributed by atoms with E-state index in [9.17, 15) is 24.4 Å². The van der Waals surface area contributed by atoms with Crippen molar-refractivity contribution in [1.29, 1.82) is 0 Å². The maximum absolute atomic E-state index is 12.8. The first kappa shape index (κ1) is 38.1. The molecule has 2 rings (SSSR count). The van der Waals surface area contributed by atoms with Crippen LogP contribution in [0.1, 0.15) is 79.4 Å². The second kappa shape index (κ2) is 21.8. The normalized spacial score (nSPS) is 11.0. The third-order valence-electron chi connectivity index (χ3n) is 6.22. The quantitative estimate of drug-likeness (QED) is 0.0769. The Morgan fingerprint density at radius 1 is 0.953 bits per heavy atom. The minimum atomic E-state index is -0.652. The number of unbranched alkanes of at least 4 members (excludes halogenated alkanes) is 2. The van der Waals surface area contributed by atoms with Crippen LogP contribution in [0.3, 0.4) is 0 Å². The number of nitrogens with one attached hydrogen (secondary N) is 3. The Balaban J connectivity index is 0.00000270. The van der Waals surface area contributed by atoms with Gasteiger partial charge in [-0.05, 0) is 56.5 Å². The summed E-state index contributed by atoms with van der Waals surface area (Å²) >= 11 is 0. The highest BCUT2D eigenvalue weighted by Crippen LogP contribution is 2.25. The fraction of sp³-hybridized carbons (Fsp3) is 0.448. The van der Waals surface area contributed by atoms with E-state index in [2.05, 4.69) is 16.0 Å². The SMILES string of the molecule is CCCCC[C@@H](C(=O)NCNC(=O)c1ccc(-c2ccc(C(=O)NCC)c(C)c2)o1)[C@@H](CC)N(O)C=O.O=C=O.O=C=O. The molecule has 43 heavy (non-hydrogen) atoms. The van der Waals surface area contributed by atoms with Gasteiger partial charge in [0.2, 0.25) is 12.3 Å². The van der Waals surface area contributed by atoms with E-state index in [1.807, 2.05) is 26.8 Å². The Morgan fingerprint density at radius 2 is 1.60 bits per heavy atom. The summed E-state index contributed by atoms with van der Waals surface area (Å²) in [6, 6.07) is 7.84. The lowest BCUT2D eigenvalue weighted by atomic mass is 9.90. The monoisotopic (exact) mass is 602 g/mol. The zero-order valence-electron chi connectivity index (χ0n) is 24.6. The molecule has 4 amide bonds. The van der Waals surface area contributed by atoms with Crippen LogP contribution in [-0.4, -0.2) is 66.0 Å². The number of aryl methyl sites for hydroxylation is 1. The molecule has 234 valence electrons. The molecule has 0 aliphatic heterocycles. The van der Waals surface area contributed by atoms with E-state index in [0.29, 0.717) is 42.2 Å². The average Bonchev–Trinajstić information content (AvgIpc) is 3.48. The van der Waals surface area contributed by atoms with Gasteiger partial charge in [0.05, 0.1) is 18.6 Å². The number of hydrogen-bond donors (Lipinski definition) is 4. The molecule has 2 aromatic rings. The van der Waals surface area contributed by atoms with Gasteiger partial charge in [0.1, 0.15) is 5.76 Å². The molecule has 14 heteroatoms. The average molecular weight is 603 g/mol. The third kappa shape index (κ3) is 13.1. The second-order valence-corrected chi connectivity index (χ2v) is 9.01. The summed E-state index contributed by atoms with van der Waals surface area (Å²) in [5.41, 5.74) is 2.08. The first-order chi connectivity index (χ1) is 20.6. The number of rotatable bonds is 15. The van der Waals surface area contributed by atoms with E-state index >= 15 is 0 Å². The Kier molecular flexibility index (Phi) is 19.3. The zero-order valence-corrected chi connectivity index (χ0v) is 24.6. The van der Waals surface area contributed by atoms with Crippen molar-refractivity contribution >= 4 is 36.4 Å². The van der Waals surface area contributed by atoms with Crippen LogP contribution in [0.4, 0.5) is 0 Å². The molecule has 1 heterocycles. The molecule has 1 aromatic carbocycles. The van der Waals surface area contributed by atoms with Gasteiger partial charge in [-0.2, -0.15) is 19.2 Å². The van der Waals surface area contributed by atoms with Crippen molar-refractivity contribution in [3.8, 4) is 11.3 Å². The number of amides is 4. The van der Waals surface area contributed by atoms with E-state index in [0.717, 1.165) is 30.4 Å². The molecule has 0 aliphatic carbocycles. The van der Waals surface area contributed by atoms with Gasteiger partial charge in [0.25, 0.3) is 11.8 Å². The first-order valence-electron chi connectivity index (χ1n) is 13.6. The van der Waals surface area contributed by atoms with E-state index in [4.69, 9.17) is 23.6 Å². The lowest BCUT2D eigenvalue weighted by Crippen LogP contribution is -2.47. The number of furan rings is 1. The van der Waals surface area contributed by atoms with Crippen LogP contribution in [0.2, 0.25) is 0 Å². The van der Waals surface area contributed by atoms with Crippen molar-refractivity contribution in [2.24, 2.45) is 5.92 Å². The number of carbonyl (C=O) groups excluding carboxylic acids is 8. The fourth-order valence-electron chi connectivity index (χ4n) is 4.22. The summed E-state index contributed by atoms with van der Waals surface area (Å²) < 4.78 is 5.70. The Labute approximate surface area is 249 Å². The number of benzene rings is 1. The topological polar surface area (TPSA) is 209 Å². The van der Waals surface area contributed by atoms with Crippen molar-refractivity contribution in [3.63, 3.8) is 0 Å². The van der Waals surface area contributed by atoms with Crippen LogP contribution in [0.5, 0.6) is 0 Å². The van der Waals surface area contributed by atoms with Gasteiger partial charge in [-0.15, -0.1) is 0 Å². The molecule has 0 unspecified atom stereocenters. The van der Waals surface area contributed by atoms with Crippen molar-refractivity contribution < 1.29 is 48.0 Å². The zero-order chi connectivity index (χ0) is 32.8. The van der Waals surface area contributed by atoms with Crippen molar-refractivity contribution in [3.05, 3.63) is 47.2 Å². The standard InChI is InChI=1S/C27H38N4O6.2CO2/c1-5-8-9-10-21(22(6-2)31(36)17-32)26(34)29-16-30-27(35)24-14-13-23(37-24)19-11-12-20(18(4)15-19)25(33)28-7-3;2*2-1-3/h11-15,17,21-22,36H,5-10,16H2,1-4H3,(H,28,33)(H,29,34)(H,30,35);;/t21-,22-;;/m1../s1. The van der Waals surface area contributed by atoms with Crippen LogP contribution in [0.25, 0.3) is 11.3 Å². The molecule has 2 atom stereocenters. The van der Waals surface area contributed by atoms with Gasteiger partial charge in [-0.1, -0.05) is 39.2 Å². The van der Waals surface area contributed by atoms with Gasteiger partial charge < -0.3 is 20.4 Å². The van der Waals surface area contributed by atoms with Crippen LogP contribution in [-0.2, 0) is 28.8 Å². The summed E-state index contributed by atoms with van der Waals surface area (Å²) in [6.07, 6.45) is 4.41. The maximum atomic E-state index is 12.8. The molecule has 1 aromatic heterocycles. The van der Waals surface area contributed by atoms with Gasteiger partial charge in [0, 0.05) is 17.7 Å². The van der Waals surface area contributed by atoms with Crippen LogP contribution in [0.15, 0.2) is 34.7 Å². The van der Waals surface area contributed by atoms with Crippen LogP contribution >= 0.6 is 0 Å². The van der Waals surface area contributed by atoms with Crippen LogP contribution < -0.4 is 16.0 Å².